The van der Waals surface area contributed by atoms with Gasteiger partial charge in [0, 0.05) is 6.42 Å². The van der Waals surface area contributed by atoms with E-state index in [2.05, 4.69) is 153 Å². The van der Waals surface area contributed by atoms with Crippen molar-refractivity contribution in [3.8, 4) is 0 Å². The summed E-state index contributed by atoms with van der Waals surface area (Å²) in [4.78, 5) is 25.7. The number of rotatable bonds is 68. The Morgan fingerprint density at radius 3 is 1.02 bits per heavy atom. The van der Waals surface area contributed by atoms with Crippen LogP contribution >= 0.6 is 7.82 Å². The van der Waals surface area contributed by atoms with Crippen LogP contribution in [0.1, 0.15) is 316 Å². The minimum Gasteiger partial charge on any atom is -0.756 e. The Morgan fingerprint density at radius 2 is 0.681 bits per heavy atom. The highest BCUT2D eigenvalue weighted by molar-refractivity contribution is 7.45. The topological polar surface area (TPSA) is 108 Å². The number of hydrogen-bond donors (Lipinski definition) is 2. The average Bonchev–Trinajstić information content (AvgIpc) is 3.59. The zero-order valence-electron chi connectivity index (χ0n) is 59.7. The zero-order valence-corrected chi connectivity index (χ0v) is 60.6. The molecule has 0 aliphatic rings. The highest BCUT2D eigenvalue weighted by Crippen LogP contribution is 2.38. The highest BCUT2D eigenvalue weighted by atomic mass is 31.2. The van der Waals surface area contributed by atoms with Crippen LogP contribution in [-0.4, -0.2) is 68.5 Å². The molecule has 2 N–H and O–H groups in total. The third-order valence-electron chi connectivity index (χ3n) is 16.3. The van der Waals surface area contributed by atoms with E-state index in [-0.39, 0.29) is 12.5 Å². The molecule has 0 saturated carbocycles. The molecule has 0 bridgehead atoms. The van der Waals surface area contributed by atoms with E-state index in [4.69, 9.17) is 9.05 Å². The lowest BCUT2D eigenvalue weighted by Crippen LogP contribution is -2.45. The molecule has 91 heavy (non-hydrogen) atoms. The van der Waals surface area contributed by atoms with E-state index >= 15 is 0 Å². The maximum Gasteiger partial charge on any atom is 0.268 e. The first kappa shape index (κ1) is 87.4. The Bertz CT molecular complexity index is 2000. The summed E-state index contributed by atoms with van der Waals surface area (Å²) in [5.74, 6) is -0.215. The Hall–Kier alpha value is -3.62. The molecule has 0 radical (unpaired) electrons. The maximum atomic E-state index is 13.1. The van der Waals surface area contributed by atoms with Crippen LogP contribution in [0.25, 0.3) is 0 Å². The van der Waals surface area contributed by atoms with Crippen molar-refractivity contribution in [2.24, 2.45) is 0 Å². The van der Waals surface area contributed by atoms with Crippen molar-refractivity contribution in [1.82, 2.24) is 5.32 Å². The van der Waals surface area contributed by atoms with Crippen molar-refractivity contribution >= 4 is 13.7 Å². The van der Waals surface area contributed by atoms with Gasteiger partial charge in [-0.15, -0.1) is 0 Å². The predicted octanol–water partition coefficient (Wildman–Crippen LogP) is 24.1. The smallest absolute Gasteiger partial charge is 0.268 e. The minimum atomic E-state index is -4.63. The number of hydrogen-bond acceptors (Lipinski definition) is 6. The molecule has 3 atom stereocenters. The second-order valence-electron chi connectivity index (χ2n) is 26.3. The summed E-state index contributed by atoms with van der Waals surface area (Å²) >= 11 is 0. The van der Waals surface area contributed by atoms with Gasteiger partial charge in [-0.05, 0) is 116 Å². The number of phosphoric ester groups is 1. The highest BCUT2D eigenvalue weighted by Gasteiger charge is 2.23. The first-order chi connectivity index (χ1) is 44.5. The molecular formula is C82H143N2O6P. The second kappa shape index (κ2) is 70.7. The molecule has 1 amide bonds. The number of unbranched alkanes of at least 4 members (excludes halogenated alkanes) is 33. The summed E-state index contributed by atoms with van der Waals surface area (Å²) in [7, 11) is 1.23. The summed E-state index contributed by atoms with van der Waals surface area (Å²) in [6, 6.07) is -0.921. The number of nitrogens with one attached hydrogen (secondary N) is 1. The second-order valence-corrected chi connectivity index (χ2v) is 27.7. The Kier molecular flexibility index (Phi) is 67.9. The Labute approximate surface area is 563 Å². The summed E-state index contributed by atoms with van der Waals surface area (Å²) in [6.07, 6.45) is 108. The van der Waals surface area contributed by atoms with Gasteiger partial charge < -0.3 is 28.8 Å². The van der Waals surface area contributed by atoms with Crippen LogP contribution in [0.15, 0.2) is 146 Å². The quantitative estimate of drug-likeness (QED) is 0.0272. The lowest BCUT2D eigenvalue weighted by atomic mass is 10.0. The van der Waals surface area contributed by atoms with Crippen molar-refractivity contribution in [2.75, 3.05) is 40.9 Å². The van der Waals surface area contributed by atoms with Gasteiger partial charge in [0.2, 0.25) is 5.91 Å². The summed E-state index contributed by atoms with van der Waals surface area (Å²) in [5, 5.41) is 13.9. The fourth-order valence-electron chi connectivity index (χ4n) is 10.5. The third-order valence-corrected chi connectivity index (χ3v) is 17.2. The van der Waals surface area contributed by atoms with Gasteiger partial charge in [-0.1, -0.05) is 339 Å². The molecule has 9 heteroatoms. The molecule has 522 valence electrons. The summed E-state index contributed by atoms with van der Waals surface area (Å²) in [5.41, 5.74) is 0. The van der Waals surface area contributed by atoms with E-state index in [0.717, 1.165) is 103 Å². The number of likely N-dealkylation sites (N-methyl/N-ethyl adjacent to an activating group) is 1. The molecule has 0 aliphatic carbocycles. The fraction of sp³-hybridized carbons (Fsp3) is 0.695. The van der Waals surface area contributed by atoms with Crippen LogP contribution in [0.4, 0.5) is 0 Å². The van der Waals surface area contributed by atoms with Crippen molar-refractivity contribution in [3.05, 3.63) is 146 Å². The molecule has 0 fully saturated rings. The molecule has 0 heterocycles. The van der Waals surface area contributed by atoms with Gasteiger partial charge in [0.05, 0.1) is 39.9 Å². The molecule has 3 unspecified atom stereocenters. The molecule has 0 rings (SSSR count). The van der Waals surface area contributed by atoms with Gasteiger partial charge in [-0.3, -0.25) is 9.36 Å². The number of carbonyl (C=O) groups is 1. The van der Waals surface area contributed by atoms with E-state index in [0.29, 0.717) is 17.4 Å². The fourth-order valence-corrected chi connectivity index (χ4v) is 11.2. The van der Waals surface area contributed by atoms with Crippen LogP contribution in [-0.2, 0) is 18.4 Å². The largest absolute Gasteiger partial charge is 0.756 e. The van der Waals surface area contributed by atoms with Gasteiger partial charge in [-0.2, -0.15) is 0 Å². The van der Waals surface area contributed by atoms with E-state index < -0.39 is 26.6 Å². The Balaban J connectivity index is 4.11. The number of phosphoric acid groups is 1. The summed E-state index contributed by atoms with van der Waals surface area (Å²) < 4.78 is 23.5. The molecule has 0 aromatic carbocycles. The molecule has 0 aromatic heterocycles. The number of nitrogens with zero attached hydrogens (tertiary/aromatic N) is 1. The van der Waals surface area contributed by atoms with Crippen molar-refractivity contribution in [2.45, 2.75) is 328 Å². The number of aliphatic hydroxyl groups is 1. The van der Waals surface area contributed by atoms with Crippen LogP contribution < -0.4 is 10.2 Å². The SMILES string of the molecule is CC/C=C\C/C=C\C/C=C\C/C=C\C/C=C\C/C=C\C/C=C\C/C=C\C/C=C\CCCCCCCCCCCCCCCC(=O)NC(COP(=O)([O-])OCC[N+](C)(C)C)C(O)/C=C/CC/C=C/CC/C=C/CCCCCCCCCCCCCCCCCCCC. The van der Waals surface area contributed by atoms with Crippen LogP contribution in [0, 0.1) is 0 Å². The first-order valence-corrected chi connectivity index (χ1v) is 39.2. The lowest BCUT2D eigenvalue weighted by Gasteiger charge is -2.29. The van der Waals surface area contributed by atoms with Gasteiger partial charge >= 0.3 is 0 Å². The monoisotopic (exact) mass is 1280 g/mol. The molecule has 8 nitrogen and oxygen atoms in total. The van der Waals surface area contributed by atoms with Gasteiger partial charge in [0.15, 0.2) is 0 Å². The number of amides is 1. The number of quaternary nitrogens is 1. The van der Waals surface area contributed by atoms with E-state index in [1.54, 1.807) is 6.08 Å². The zero-order chi connectivity index (χ0) is 66.2. The maximum absolute atomic E-state index is 13.1. The Morgan fingerprint density at radius 1 is 0.396 bits per heavy atom. The molecule has 0 spiro atoms. The van der Waals surface area contributed by atoms with Gasteiger partial charge in [0.1, 0.15) is 13.2 Å². The minimum absolute atomic E-state index is 0.0148. The average molecular weight is 1280 g/mol. The molecule has 0 saturated heterocycles. The van der Waals surface area contributed by atoms with Gasteiger partial charge in [-0.25, -0.2) is 0 Å². The van der Waals surface area contributed by atoms with Crippen LogP contribution in [0.5, 0.6) is 0 Å². The first-order valence-electron chi connectivity index (χ1n) is 37.7. The van der Waals surface area contributed by atoms with Crippen molar-refractivity contribution in [3.63, 3.8) is 0 Å². The van der Waals surface area contributed by atoms with Crippen molar-refractivity contribution in [1.29, 1.82) is 0 Å². The number of allylic oxidation sites excluding steroid dienone is 23. The van der Waals surface area contributed by atoms with E-state index in [1.807, 2.05) is 27.2 Å². The van der Waals surface area contributed by atoms with Crippen molar-refractivity contribution < 1.29 is 32.9 Å². The van der Waals surface area contributed by atoms with Crippen LogP contribution in [0.3, 0.4) is 0 Å². The van der Waals surface area contributed by atoms with Crippen LogP contribution in [0.2, 0.25) is 0 Å². The standard InChI is InChI=1S/C82H143N2O6P/c1-6-8-10-12-14-16-18-20-22-24-26-28-30-32-34-36-37-38-39-40-41-42-43-44-45-46-47-48-50-52-54-56-58-60-62-64-66-68-70-72-74-76-82(86)83-80(79-90-91(87,88)89-78-77-84(3,4)5)81(85)75-73-71-69-67-65-63-61-59-57-55-53-51-49-35-33-31-29-27-25-23-21-19-17-15-13-11-9-7-2/h8,10,14,16,20,22,26,28,32,34,37-38,40-41,43-44,46-47,57,59,65,67,73,75,80-81,85H,6-7,9,11-13,15,17-19,21,23-25,27,29-31,33,35-36,39,42,45,48-56,58,60-64,66,68-72,74,76-79H2,1-5H3,(H-,83,86,87,88)/b10-8-,16-14-,22-20-,28-26-,34-32-,38-37-,41-40-,44-43-,47-46-,59-57+,67-65+,75-73+. The van der Waals surface area contributed by atoms with E-state index in [9.17, 15) is 19.4 Å². The lowest BCUT2D eigenvalue weighted by molar-refractivity contribution is -0.870. The summed E-state index contributed by atoms with van der Waals surface area (Å²) in [6.45, 7) is 4.52. The molecule has 0 aromatic rings. The normalized spacial score (nSPS) is 14.4. The predicted molar refractivity (Wildman–Crippen MR) is 398 cm³/mol. The molecular weight excluding hydrogens is 1140 g/mol. The van der Waals surface area contributed by atoms with E-state index in [1.165, 1.54) is 193 Å². The third kappa shape index (κ3) is 73.7. The molecule has 0 aliphatic heterocycles. The number of aliphatic hydroxyl groups excluding tert-OH is 1. The number of carbonyl (C=O) groups excluding carboxylic acids is 1. The van der Waals surface area contributed by atoms with Gasteiger partial charge in [0.25, 0.3) is 7.82 Å².